The molecule has 0 aliphatic carbocycles. The maximum absolute atomic E-state index is 9.74. The van der Waals surface area contributed by atoms with E-state index in [1.54, 1.807) is 6.92 Å². The molecule has 17 heavy (non-hydrogen) atoms. The Hall–Kier alpha value is -1.46. The number of hydrogen-bond donors (Lipinski definition) is 3. The molecule has 1 aromatic heterocycles. The van der Waals surface area contributed by atoms with E-state index in [2.05, 4.69) is 21.9 Å². The Morgan fingerprint density at radius 3 is 2.82 bits per heavy atom. The van der Waals surface area contributed by atoms with Gasteiger partial charge in [-0.25, -0.2) is 9.67 Å². The van der Waals surface area contributed by atoms with Crippen LogP contribution in [-0.2, 0) is 4.74 Å². The first kappa shape index (κ1) is 12.0. The SMILES string of the molecule is CC#Cc1ncn([C@@H]2O[C@H](CO)C(O)[C@@H]2O)n1. The van der Waals surface area contributed by atoms with Gasteiger partial charge in [0.25, 0.3) is 0 Å². The molecule has 1 aromatic rings. The van der Waals surface area contributed by atoms with Gasteiger partial charge in [0.1, 0.15) is 24.6 Å². The number of aliphatic hydroxyl groups excluding tert-OH is 3. The quantitative estimate of drug-likeness (QED) is 0.530. The minimum Gasteiger partial charge on any atom is -0.394 e. The second-order valence-electron chi connectivity index (χ2n) is 3.65. The topological polar surface area (TPSA) is 101 Å². The highest BCUT2D eigenvalue weighted by Gasteiger charge is 2.43. The average molecular weight is 239 g/mol. The van der Waals surface area contributed by atoms with Gasteiger partial charge in [-0.15, -0.1) is 5.10 Å². The highest BCUT2D eigenvalue weighted by Crippen LogP contribution is 2.28. The van der Waals surface area contributed by atoms with Crippen molar-refractivity contribution in [1.82, 2.24) is 14.8 Å². The smallest absolute Gasteiger partial charge is 0.225 e. The fourth-order valence-corrected chi connectivity index (χ4v) is 1.67. The standard InChI is InChI=1S/C10H13N3O4/c1-2-3-7-11-5-13(12-7)10-9(16)8(15)6(4-14)17-10/h5-6,8-10,14-16H,4H2,1H3/t6-,8?,9+,10-/m1/s1. The summed E-state index contributed by atoms with van der Waals surface area (Å²) in [5.41, 5.74) is 0. The molecule has 7 heteroatoms. The van der Waals surface area contributed by atoms with E-state index in [4.69, 9.17) is 9.84 Å². The summed E-state index contributed by atoms with van der Waals surface area (Å²) in [6, 6.07) is 0. The summed E-state index contributed by atoms with van der Waals surface area (Å²) in [5, 5.41) is 32.3. The molecule has 3 N–H and O–H groups in total. The van der Waals surface area contributed by atoms with Crippen molar-refractivity contribution in [3.05, 3.63) is 12.2 Å². The molecule has 1 aliphatic heterocycles. The van der Waals surface area contributed by atoms with Crippen LogP contribution in [-0.4, -0.2) is 55.0 Å². The van der Waals surface area contributed by atoms with Crippen LogP contribution in [0.15, 0.2) is 6.33 Å². The van der Waals surface area contributed by atoms with Crippen molar-refractivity contribution in [2.24, 2.45) is 0 Å². The first-order valence-electron chi connectivity index (χ1n) is 5.13. The van der Waals surface area contributed by atoms with Gasteiger partial charge in [-0.2, -0.15) is 0 Å². The van der Waals surface area contributed by atoms with E-state index in [0.717, 1.165) is 0 Å². The van der Waals surface area contributed by atoms with E-state index in [1.165, 1.54) is 11.0 Å². The van der Waals surface area contributed by atoms with Gasteiger partial charge in [-0.05, 0) is 12.8 Å². The largest absolute Gasteiger partial charge is 0.394 e. The van der Waals surface area contributed by atoms with E-state index < -0.39 is 24.5 Å². The molecule has 2 rings (SSSR count). The fourth-order valence-electron chi connectivity index (χ4n) is 1.67. The van der Waals surface area contributed by atoms with Crippen molar-refractivity contribution < 1.29 is 20.1 Å². The molecule has 2 heterocycles. The van der Waals surface area contributed by atoms with Gasteiger partial charge in [0.2, 0.25) is 5.82 Å². The lowest BCUT2D eigenvalue weighted by atomic mass is 10.1. The summed E-state index contributed by atoms with van der Waals surface area (Å²) < 4.78 is 6.56. The molecule has 0 spiro atoms. The van der Waals surface area contributed by atoms with Gasteiger partial charge in [0, 0.05) is 0 Å². The lowest BCUT2D eigenvalue weighted by Gasteiger charge is -2.13. The van der Waals surface area contributed by atoms with E-state index >= 15 is 0 Å². The molecule has 1 aliphatic rings. The van der Waals surface area contributed by atoms with Crippen molar-refractivity contribution in [3.63, 3.8) is 0 Å². The summed E-state index contributed by atoms with van der Waals surface area (Å²) in [4.78, 5) is 3.90. The molecule has 0 saturated carbocycles. The molecule has 4 atom stereocenters. The van der Waals surface area contributed by atoms with Crippen molar-refractivity contribution in [2.45, 2.75) is 31.5 Å². The normalized spacial score (nSPS) is 32.2. The Morgan fingerprint density at radius 2 is 2.24 bits per heavy atom. The molecule has 0 bridgehead atoms. The van der Waals surface area contributed by atoms with Crippen LogP contribution in [0.4, 0.5) is 0 Å². The lowest BCUT2D eigenvalue weighted by Crippen LogP contribution is -2.33. The van der Waals surface area contributed by atoms with Gasteiger partial charge in [-0.1, -0.05) is 5.92 Å². The third kappa shape index (κ3) is 2.16. The maximum atomic E-state index is 9.74. The van der Waals surface area contributed by atoms with Crippen molar-refractivity contribution in [1.29, 1.82) is 0 Å². The molecule has 0 amide bonds. The molecule has 1 saturated heterocycles. The first-order valence-corrected chi connectivity index (χ1v) is 5.13. The van der Waals surface area contributed by atoms with Gasteiger partial charge in [-0.3, -0.25) is 0 Å². The Morgan fingerprint density at radius 1 is 1.47 bits per heavy atom. The second-order valence-corrected chi connectivity index (χ2v) is 3.65. The highest BCUT2D eigenvalue weighted by molar-refractivity contribution is 5.17. The predicted octanol–water partition coefficient (Wildman–Crippen LogP) is -1.74. The van der Waals surface area contributed by atoms with Crippen LogP contribution < -0.4 is 0 Å². The third-order valence-electron chi connectivity index (χ3n) is 2.52. The maximum Gasteiger partial charge on any atom is 0.225 e. The zero-order chi connectivity index (χ0) is 12.4. The monoisotopic (exact) mass is 239 g/mol. The van der Waals surface area contributed by atoms with E-state index in [-0.39, 0.29) is 6.61 Å². The van der Waals surface area contributed by atoms with Gasteiger partial charge in [0.05, 0.1) is 6.61 Å². The Labute approximate surface area is 97.7 Å². The number of hydrogen-bond acceptors (Lipinski definition) is 6. The highest BCUT2D eigenvalue weighted by atomic mass is 16.6. The number of ether oxygens (including phenoxy) is 1. The molecule has 1 unspecified atom stereocenters. The number of aromatic nitrogens is 3. The second kappa shape index (κ2) is 4.81. The Kier molecular flexibility index (Phi) is 3.40. The van der Waals surface area contributed by atoms with Crippen LogP contribution >= 0.6 is 0 Å². The molecular formula is C10H13N3O4. The van der Waals surface area contributed by atoms with Crippen LogP contribution in [0.25, 0.3) is 0 Å². The zero-order valence-corrected chi connectivity index (χ0v) is 9.19. The van der Waals surface area contributed by atoms with Gasteiger partial charge in [0.15, 0.2) is 6.23 Å². The van der Waals surface area contributed by atoms with Crippen LogP contribution in [0.5, 0.6) is 0 Å². The van der Waals surface area contributed by atoms with E-state index in [0.29, 0.717) is 5.82 Å². The number of aliphatic hydroxyl groups is 3. The number of rotatable bonds is 2. The van der Waals surface area contributed by atoms with E-state index in [9.17, 15) is 10.2 Å². The summed E-state index contributed by atoms with van der Waals surface area (Å²) in [5.74, 6) is 5.62. The van der Waals surface area contributed by atoms with Gasteiger partial charge < -0.3 is 20.1 Å². The van der Waals surface area contributed by atoms with Gasteiger partial charge >= 0.3 is 0 Å². The Balaban J connectivity index is 2.18. The molecule has 0 radical (unpaired) electrons. The molecular weight excluding hydrogens is 226 g/mol. The number of nitrogens with zero attached hydrogens (tertiary/aromatic N) is 3. The molecule has 0 aromatic carbocycles. The molecule has 92 valence electrons. The fraction of sp³-hybridized carbons (Fsp3) is 0.600. The summed E-state index contributed by atoms with van der Waals surface area (Å²) >= 11 is 0. The van der Waals surface area contributed by atoms with Crippen LogP contribution in [0.3, 0.4) is 0 Å². The minimum absolute atomic E-state index is 0.310. The summed E-state index contributed by atoms with van der Waals surface area (Å²) in [7, 11) is 0. The Bertz CT molecular complexity index is 450. The van der Waals surface area contributed by atoms with Crippen molar-refractivity contribution in [3.8, 4) is 11.8 Å². The molecule has 7 nitrogen and oxygen atoms in total. The summed E-state index contributed by atoms with van der Waals surface area (Å²) in [6.45, 7) is 1.29. The minimum atomic E-state index is -1.16. The average Bonchev–Trinajstić information content (AvgIpc) is 2.87. The molecule has 1 fully saturated rings. The first-order chi connectivity index (χ1) is 8.17. The third-order valence-corrected chi connectivity index (χ3v) is 2.52. The van der Waals surface area contributed by atoms with Crippen molar-refractivity contribution in [2.75, 3.05) is 6.61 Å². The summed E-state index contributed by atoms with van der Waals surface area (Å²) in [6.07, 6.45) is -2.62. The van der Waals surface area contributed by atoms with Crippen molar-refractivity contribution >= 4 is 0 Å². The lowest BCUT2D eigenvalue weighted by molar-refractivity contribution is -0.0588. The van der Waals surface area contributed by atoms with Crippen LogP contribution in [0.1, 0.15) is 19.0 Å². The van der Waals surface area contributed by atoms with Crippen LogP contribution in [0, 0.1) is 11.8 Å². The zero-order valence-electron chi connectivity index (χ0n) is 9.19. The van der Waals surface area contributed by atoms with E-state index in [1.807, 2.05) is 0 Å². The predicted molar refractivity (Wildman–Crippen MR) is 55.6 cm³/mol. The van der Waals surface area contributed by atoms with Crippen LogP contribution in [0.2, 0.25) is 0 Å².